The van der Waals surface area contributed by atoms with Crippen LogP contribution in [0.1, 0.15) is 18.4 Å². The Bertz CT molecular complexity index is 567. The molecule has 0 aliphatic carbocycles. The second-order valence-electron chi connectivity index (χ2n) is 7.21. The Morgan fingerprint density at radius 3 is 2.71 bits per heavy atom. The summed E-state index contributed by atoms with van der Waals surface area (Å²) >= 11 is 0. The number of morpholine rings is 1. The van der Waals surface area contributed by atoms with Crippen molar-refractivity contribution in [2.75, 3.05) is 66.2 Å². The van der Waals surface area contributed by atoms with Gasteiger partial charge in [0.25, 0.3) is 0 Å². The minimum atomic E-state index is 0. The number of nitrogens with one attached hydrogen (secondary N) is 1. The van der Waals surface area contributed by atoms with Gasteiger partial charge in [0.2, 0.25) is 0 Å². The SMILES string of the molecule is CN=C(NCCCOCCc1ccccc1)N1CCC(N2CCOCC2)C1.I. The summed E-state index contributed by atoms with van der Waals surface area (Å²) in [5.74, 6) is 1.02. The van der Waals surface area contributed by atoms with Crippen molar-refractivity contribution in [1.82, 2.24) is 15.1 Å². The number of nitrogens with zero attached hydrogens (tertiary/aromatic N) is 3. The molecule has 2 aliphatic rings. The lowest BCUT2D eigenvalue weighted by Crippen LogP contribution is -2.46. The Morgan fingerprint density at radius 2 is 1.96 bits per heavy atom. The van der Waals surface area contributed by atoms with Crippen molar-refractivity contribution >= 4 is 29.9 Å². The van der Waals surface area contributed by atoms with Gasteiger partial charge in [0.1, 0.15) is 0 Å². The molecule has 2 fully saturated rings. The quantitative estimate of drug-likeness (QED) is 0.256. The van der Waals surface area contributed by atoms with Crippen LogP contribution in [-0.2, 0) is 15.9 Å². The molecule has 158 valence electrons. The number of hydrogen-bond donors (Lipinski definition) is 1. The molecular formula is C21H35IN4O2. The van der Waals surface area contributed by atoms with Crippen molar-refractivity contribution in [2.24, 2.45) is 4.99 Å². The number of rotatable bonds is 8. The maximum atomic E-state index is 5.76. The third-order valence-corrected chi connectivity index (χ3v) is 5.36. The van der Waals surface area contributed by atoms with Gasteiger partial charge in [-0.05, 0) is 24.8 Å². The molecule has 2 aliphatic heterocycles. The Balaban J connectivity index is 0.00000280. The molecule has 1 N–H and O–H groups in total. The molecule has 1 unspecified atom stereocenters. The lowest BCUT2D eigenvalue weighted by atomic mass is 10.2. The van der Waals surface area contributed by atoms with Crippen LogP contribution >= 0.6 is 24.0 Å². The van der Waals surface area contributed by atoms with Crippen LogP contribution in [0.3, 0.4) is 0 Å². The Hall–Kier alpha value is -0.900. The third kappa shape index (κ3) is 7.50. The van der Waals surface area contributed by atoms with Gasteiger partial charge in [-0.3, -0.25) is 9.89 Å². The van der Waals surface area contributed by atoms with Crippen molar-refractivity contribution in [2.45, 2.75) is 25.3 Å². The summed E-state index contributed by atoms with van der Waals surface area (Å²) < 4.78 is 11.2. The molecule has 1 atom stereocenters. The fraction of sp³-hybridized carbons (Fsp3) is 0.667. The van der Waals surface area contributed by atoms with Gasteiger partial charge in [0.15, 0.2) is 5.96 Å². The zero-order chi connectivity index (χ0) is 18.7. The van der Waals surface area contributed by atoms with E-state index in [0.717, 1.165) is 78.0 Å². The second kappa shape index (κ2) is 13.3. The predicted octanol–water partition coefficient (Wildman–Crippen LogP) is 2.24. The van der Waals surface area contributed by atoms with Gasteiger partial charge in [-0.15, -0.1) is 24.0 Å². The highest BCUT2D eigenvalue weighted by atomic mass is 127. The van der Waals surface area contributed by atoms with E-state index in [0.29, 0.717) is 6.04 Å². The van der Waals surface area contributed by atoms with Crippen molar-refractivity contribution in [3.05, 3.63) is 35.9 Å². The Morgan fingerprint density at radius 1 is 1.18 bits per heavy atom. The third-order valence-electron chi connectivity index (χ3n) is 5.36. The predicted molar refractivity (Wildman–Crippen MR) is 125 cm³/mol. The van der Waals surface area contributed by atoms with Gasteiger partial charge < -0.3 is 19.7 Å². The maximum absolute atomic E-state index is 5.76. The lowest BCUT2D eigenvalue weighted by molar-refractivity contribution is 0.0195. The molecule has 1 aromatic carbocycles. The minimum Gasteiger partial charge on any atom is -0.381 e. The first-order valence-corrected chi connectivity index (χ1v) is 10.3. The van der Waals surface area contributed by atoms with Crippen molar-refractivity contribution in [3.8, 4) is 0 Å². The van der Waals surface area contributed by atoms with Crippen LogP contribution in [0.5, 0.6) is 0 Å². The van der Waals surface area contributed by atoms with Gasteiger partial charge in [-0.25, -0.2) is 0 Å². The fourth-order valence-electron chi connectivity index (χ4n) is 3.82. The van der Waals surface area contributed by atoms with Crippen LogP contribution in [0, 0.1) is 0 Å². The summed E-state index contributed by atoms with van der Waals surface area (Å²) in [6.45, 7) is 8.47. The van der Waals surface area contributed by atoms with Gasteiger partial charge in [-0.2, -0.15) is 0 Å². The van der Waals surface area contributed by atoms with E-state index in [-0.39, 0.29) is 24.0 Å². The number of ether oxygens (including phenoxy) is 2. The van der Waals surface area contributed by atoms with E-state index in [1.165, 1.54) is 12.0 Å². The van der Waals surface area contributed by atoms with Crippen LogP contribution in [-0.4, -0.2) is 88.0 Å². The summed E-state index contributed by atoms with van der Waals surface area (Å²) in [6.07, 6.45) is 3.19. The molecule has 0 bridgehead atoms. The molecule has 2 saturated heterocycles. The maximum Gasteiger partial charge on any atom is 0.193 e. The first-order chi connectivity index (χ1) is 13.4. The number of hydrogen-bond acceptors (Lipinski definition) is 4. The molecule has 7 heteroatoms. The number of benzene rings is 1. The first kappa shape index (κ1) is 23.4. The number of guanidine groups is 1. The first-order valence-electron chi connectivity index (χ1n) is 10.3. The van der Waals surface area contributed by atoms with Gasteiger partial charge in [0, 0.05) is 52.4 Å². The molecular weight excluding hydrogens is 467 g/mol. The lowest BCUT2D eigenvalue weighted by Gasteiger charge is -2.32. The molecule has 0 amide bonds. The number of halogens is 1. The molecule has 0 spiro atoms. The van der Waals surface area contributed by atoms with Crippen LogP contribution in [0.25, 0.3) is 0 Å². The second-order valence-corrected chi connectivity index (χ2v) is 7.21. The largest absolute Gasteiger partial charge is 0.381 e. The Kier molecular flexibility index (Phi) is 11.1. The molecule has 6 nitrogen and oxygen atoms in total. The van der Waals surface area contributed by atoms with Crippen LogP contribution in [0.15, 0.2) is 35.3 Å². The average molecular weight is 502 g/mol. The van der Waals surface area contributed by atoms with E-state index >= 15 is 0 Å². The zero-order valence-electron chi connectivity index (χ0n) is 17.0. The monoisotopic (exact) mass is 502 g/mol. The minimum absolute atomic E-state index is 0. The van der Waals surface area contributed by atoms with Crippen LogP contribution < -0.4 is 5.32 Å². The molecule has 0 saturated carbocycles. The van der Waals surface area contributed by atoms with E-state index in [1.54, 1.807) is 0 Å². The highest BCUT2D eigenvalue weighted by molar-refractivity contribution is 14.0. The highest BCUT2D eigenvalue weighted by Gasteiger charge is 2.30. The van der Waals surface area contributed by atoms with Gasteiger partial charge in [0.05, 0.1) is 19.8 Å². The van der Waals surface area contributed by atoms with Crippen LogP contribution in [0.2, 0.25) is 0 Å². The van der Waals surface area contributed by atoms with E-state index in [4.69, 9.17) is 9.47 Å². The summed E-state index contributed by atoms with van der Waals surface area (Å²) in [5, 5.41) is 3.50. The summed E-state index contributed by atoms with van der Waals surface area (Å²) in [5.41, 5.74) is 1.33. The van der Waals surface area contributed by atoms with E-state index < -0.39 is 0 Å². The number of aliphatic imine (C=N–C) groups is 1. The van der Waals surface area contributed by atoms with Crippen molar-refractivity contribution < 1.29 is 9.47 Å². The molecule has 0 radical (unpaired) electrons. The Labute approximate surface area is 186 Å². The smallest absolute Gasteiger partial charge is 0.193 e. The summed E-state index contributed by atoms with van der Waals surface area (Å²) in [7, 11) is 1.88. The molecule has 2 heterocycles. The summed E-state index contributed by atoms with van der Waals surface area (Å²) in [6, 6.07) is 11.1. The van der Waals surface area contributed by atoms with E-state index in [2.05, 4.69) is 44.4 Å². The molecule has 1 aromatic rings. The topological polar surface area (TPSA) is 49.3 Å². The molecule has 3 rings (SSSR count). The van der Waals surface area contributed by atoms with Crippen LogP contribution in [0.4, 0.5) is 0 Å². The van der Waals surface area contributed by atoms with E-state index in [1.807, 2.05) is 13.1 Å². The van der Waals surface area contributed by atoms with Crippen molar-refractivity contribution in [3.63, 3.8) is 0 Å². The highest BCUT2D eigenvalue weighted by Crippen LogP contribution is 2.17. The average Bonchev–Trinajstić information content (AvgIpc) is 3.21. The molecule has 0 aromatic heterocycles. The van der Waals surface area contributed by atoms with Gasteiger partial charge >= 0.3 is 0 Å². The standard InChI is InChI=1S/C21H34N4O2.HI/c1-22-21(25-11-8-20(18-25)24-12-16-27-17-13-24)23-10-5-14-26-15-9-19-6-3-2-4-7-19;/h2-4,6-7,20H,5,8-18H2,1H3,(H,22,23);1H. The number of likely N-dealkylation sites (tertiary alicyclic amines) is 1. The van der Waals surface area contributed by atoms with E-state index in [9.17, 15) is 0 Å². The zero-order valence-corrected chi connectivity index (χ0v) is 19.3. The molecule has 28 heavy (non-hydrogen) atoms. The fourth-order valence-corrected chi connectivity index (χ4v) is 3.82. The van der Waals surface area contributed by atoms with Gasteiger partial charge in [-0.1, -0.05) is 30.3 Å². The normalized spacial score (nSPS) is 20.8. The van der Waals surface area contributed by atoms with Crippen molar-refractivity contribution in [1.29, 1.82) is 0 Å². The summed E-state index contributed by atoms with van der Waals surface area (Å²) in [4.78, 5) is 9.42.